The highest BCUT2D eigenvalue weighted by Crippen LogP contribution is 2.23. The van der Waals surface area contributed by atoms with Gasteiger partial charge in [0.1, 0.15) is 11.5 Å². The van der Waals surface area contributed by atoms with E-state index in [1.165, 1.54) is 18.2 Å². The Bertz CT molecular complexity index is 623. The zero-order chi connectivity index (χ0) is 12.4. The minimum absolute atomic E-state index is 0.0297. The molecule has 1 aromatic heterocycles. The van der Waals surface area contributed by atoms with Crippen LogP contribution in [0, 0.1) is 0 Å². The van der Waals surface area contributed by atoms with E-state index >= 15 is 0 Å². The predicted octanol–water partition coefficient (Wildman–Crippen LogP) is 1.89. The van der Waals surface area contributed by atoms with E-state index < -0.39 is 11.7 Å². The van der Waals surface area contributed by atoms with Crippen LogP contribution in [0.2, 0.25) is 0 Å². The van der Waals surface area contributed by atoms with Gasteiger partial charge in [-0.25, -0.2) is 4.79 Å². The highest BCUT2D eigenvalue weighted by molar-refractivity contribution is 5.87. The summed E-state index contributed by atoms with van der Waals surface area (Å²) in [5.74, 6) is 0.326. The van der Waals surface area contributed by atoms with Crippen LogP contribution in [-0.4, -0.2) is 16.3 Å². The maximum absolute atomic E-state index is 11.6. The quantitative estimate of drug-likeness (QED) is 0.829. The molecule has 1 heterocycles. The van der Waals surface area contributed by atoms with Crippen LogP contribution in [0.3, 0.4) is 0 Å². The summed E-state index contributed by atoms with van der Waals surface area (Å²) in [5, 5.41) is 19.5. The van der Waals surface area contributed by atoms with Gasteiger partial charge in [-0.3, -0.25) is 0 Å². The van der Waals surface area contributed by atoms with Crippen molar-refractivity contribution in [3.63, 3.8) is 0 Å². The number of phenols is 1. The number of hydrogen-bond acceptors (Lipinski definition) is 4. The Hall–Kier alpha value is -2.07. The molecule has 1 atom stereocenters. The molecule has 1 unspecified atom stereocenters. The van der Waals surface area contributed by atoms with Gasteiger partial charge < -0.3 is 14.6 Å². The number of benzene rings is 1. The van der Waals surface area contributed by atoms with Crippen LogP contribution in [0.1, 0.15) is 12.7 Å². The van der Waals surface area contributed by atoms with E-state index in [0.717, 1.165) is 0 Å². The van der Waals surface area contributed by atoms with E-state index in [9.17, 15) is 9.90 Å². The van der Waals surface area contributed by atoms with Gasteiger partial charge in [-0.05, 0) is 31.2 Å². The summed E-state index contributed by atoms with van der Waals surface area (Å²) >= 11 is 0. The molecule has 0 fully saturated rings. The van der Waals surface area contributed by atoms with Crippen molar-refractivity contribution in [1.29, 1.82) is 0 Å². The second kappa shape index (κ2) is 4.43. The average Bonchev–Trinajstić information content (AvgIpc) is 2.28. The van der Waals surface area contributed by atoms with Crippen LogP contribution in [0.25, 0.3) is 16.8 Å². The summed E-state index contributed by atoms with van der Waals surface area (Å²) < 4.78 is 5.03. The van der Waals surface area contributed by atoms with E-state index in [-0.39, 0.29) is 5.75 Å². The van der Waals surface area contributed by atoms with Crippen molar-refractivity contribution in [3.05, 3.63) is 46.5 Å². The van der Waals surface area contributed by atoms with Crippen molar-refractivity contribution < 1.29 is 14.6 Å². The van der Waals surface area contributed by atoms with E-state index in [0.29, 0.717) is 16.5 Å². The Kier molecular flexibility index (Phi) is 2.97. The number of fused-ring (bicyclic) bond motifs is 1. The molecule has 4 heteroatoms. The van der Waals surface area contributed by atoms with E-state index in [1.54, 1.807) is 25.1 Å². The molecule has 2 aromatic rings. The zero-order valence-corrected chi connectivity index (χ0v) is 9.25. The largest absolute Gasteiger partial charge is 0.507 e. The van der Waals surface area contributed by atoms with Crippen molar-refractivity contribution in [2.24, 2.45) is 0 Å². The Morgan fingerprint density at radius 1 is 1.35 bits per heavy atom. The highest BCUT2D eigenvalue weighted by Gasteiger charge is 2.05. The Morgan fingerprint density at radius 2 is 2.12 bits per heavy atom. The van der Waals surface area contributed by atoms with Crippen LogP contribution < -0.4 is 5.63 Å². The third-order valence-electron chi connectivity index (χ3n) is 2.34. The smallest absolute Gasteiger partial charge is 0.344 e. The molecule has 0 saturated carbocycles. The zero-order valence-electron chi connectivity index (χ0n) is 9.25. The molecule has 0 bridgehead atoms. The fraction of sp³-hybridized carbons (Fsp3) is 0.154. The number of phenolic OH excluding ortho intramolecular Hbond substituents is 1. The lowest BCUT2D eigenvalue weighted by atomic mass is 10.1. The summed E-state index contributed by atoms with van der Waals surface area (Å²) in [5.41, 5.74) is -0.511. The van der Waals surface area contributed by atoms with Crippen LogP contribution in [-0.2, 0) is 0 Å². The van der Waals surface area contributed by atoms with Gasteiger partial charge in [0.15, 0.2) is 0 Å². The minimum Gasteiger partial charge on any atom is -0.507 e. The van der Waals surface area contributed by atoms with E-state index in [4.69, 9.17) is 9.52 Å². The molecule has 2 rings (SSSR count). The molecule has 0 aliphatic heterocycles. The van der Waals surface area contributed by atoms with Gasteiger partial charge >= 0.3 is 5.63 Å². The second-order valence-electron chi connectivity index (χ2n) is 3.77. The third-order valence-corrected chi connectivity index (χ3v) is 2.34. The number of aliphatic hydroxyl groups excluding tert-OH is 1. The SMILES string of the molecule is CC(O)/C=C/c1cc2c(O)cccc2c(=O)o1. The van der Waals surface area contributed by atoms with Gasteiger partial charge in [-0.2, -0.15) is 0 Å². The van der Waals surface area contributed by atoms with E-state index in [2.05, 4.69) is 0 Å². The lowest BCUT2D eigenvalue weighted by molar-refractivity contribution is 0.245. The maximum atomic E-state index is 11.6. The molecule has 88 valence electrons. The molecule has 0 saturated heterocycles. The Labute approximate surface area is 97.4 Å². The summed E-state index contributed by atoms with van der Waals surface area (Å²) in [4.78, 5) is 11.6. The molecule has 0 radical (unpaired) electrons. The Balaban J connectivity index is 2.62. The van der Waals surface area contributed by atoms with Gasteiger partial charge in [-0.1, -0.05) is 12.1 Å². The topological polar surface area (TPSA) is 70.7 Å². The molecule has 0 amide bonds. The van der Waals surface area contributed by atoms with Gasteiger partial charge in [0.05, 0.1) is 11.5 Å². The first-order valence-electron chi connectivity index (χ1n) is 5.20. The van der Waals surface area contributed by atoms with Crippen molar-refractivity contribution in [1.82, 2.24) is 0 Å². The van der Waals surface area contributed by atoms with Crippen LogP contribution in [0.15, 0.2) is 39.6 Å². The molecule has 0 aliphatic carbocycles. The highest BCUT2D eigenvalue weighted by atomic mass is 16.4. The fourth-order valence-electron chi connectivity index (χ4n) is 1.53. The lowest BCUT2D eigenvalue weighted by Crippen LogP contribution is -2.00. The summed E-state index contributed by atoms with van der Waals surface area (Å²) in [6.07, 6.45) is 2.36. The number of aliphatic hydroxyl groups is 1. The van der Waals surface area contributed by atoms with Gasteiger partial charge in [0, 0.05) is 5.39 Å². The van der Waals surface area contributed by atoms with Crippen LogP contribution in [0.5, 0.6) is 5.75 Å². The van der Waals surface area contributed by atoms with Gasteiger partial charge in [-0.15, -0.1) is 0 Å². The predicted molar refractivity (Wildman–Crippen MR) is 64.9 cm³/mol. The maximum Gasteiger partial charge on any atom is 0.344 e. The van der Waals surface area contributed by atoms with Crippen LogP contribution >= 0.6 is 0 Å². The summed E-state index contributed by atoms with van der Waals surface area (Å²) in [6.45, 7) is 1.59. The lowest BCUT2D eigenvalue weighted by Gasteiger charge is -2.01. The van der Waals surface area contributed by atoms with Gasteiger partial charge in [0.2, 0.25) is 0 Å². The first-order valence-corrected chi connectivity index (χ1v) is 5.20. The Morgan fingerprint density at radius 3 is 2.82 bits per heavy atom. The molecule has 0 aliphatic rings. The van der Waals surface area contributed by atoms with Crippen molar-refractivity contribution >= 4 is 16.8 Å². The summed E-state index contributed by atoms with van der Waals surface area (Å²) in [7, 11) is 0. The van der Waals surface area contributed by atoms with E-state index in [1.807, 2.05) is 0 Å². The standard InChI is InChI=1S/C13H12O4/c1-8(14)5-6-9-7-11-10(13(16)17-9)3-2-4-12(11)15/h2-8,14-15H,1H3/b6-5+. The molecule has 1 aromatic carbocycles. The molecule has 17 heavy (non-hydrogen) atoms. The average molecular weight is 232 g/mol. The first kappa shape index (κ1) is 11.4. The molecular formula is C13H12O4. The normalized spacial score (nSPS) is 13.3. The van der Waals surface area contributed by atoms with Crippen molar-refractivity contribution in [3.8, 4) is 5.75 Å². The number of hydrogen-bond donors (Lipinski definition) is 2. The van der Waals surface area contributed by atoms with Crippen molar-refractivity contribution in [2.75, 3.05) is 0 Å². The third kappa shape index (κ3) is 2.37. The number of rotatable bonds is 2. The molecule has 2 N–H and O–H groups in total. The molecule has 4 nitrogen and oxygen atoms in total. The van der Waals surface area contributed by atoms with Gasteiger partial charge in [0.25, 0.3) is 0 Å². The van der Waals surface area contributed by atoms with Crippen molar-refractivity contribution in [2.45, 2.75) is 13.0 Å². The fourth-order valence-corrected chi connectivity index (χ4v) is 1.53. The monoisotopic (exact) mass is 232 g/mol. The molecule has 0 spiro atoms. The minimum atomic E-state index is -0.625. The van der Waals surface area contributed by atoms with Crippen LogP contribution in [0.4, 0.5) is 0 Å². The summed E-state index contributed by atoms with van der Waals surface area (Å²) in [6, 6.07) is 6.23. The second-order valence-corrected chi connectivity index (χ2v) is 3.77. The number of aromatic hydroxyl groups is 1. The molecular weight excluding hydrogens is 220 g/mol. The first-order chi connectivity index (χ1) is 8.08.